The number of hydrogen-bond donors (Lipinski definition) is 3. The lowest BCUT2D eigenvalue weighted by atomic mass is 9.94. The molecular formula is C27H28ClN5O4S. The van der Waals surface area contributed by atoms with Gasteiger partial charge in [-0.3, -0.25) is 4.79 Å². The number of carbonyl (C=O) groups is 1. The van der Waals surface area contributed by atoms with E-state index in [-0.39, 0.29) is 11.9 Å². The number of fused-ring (bicyclic) bond motifs is 1. The van der Waals surface area contributed by atoms with Gasteiger partial charge in [0.15, 0.2) is 5.65 Å². The molecule has 2 aromatic carbocycles. The minimum atomic E-state index is -3.32. The molecule has 1 saturated carbocycles. The molecule has 0 aliphatic heterocycles. The largest absolute Gasteiger partial charge is 0.426 e. The number of sulfonamides is 1. The predicted octanol–water partition coefficient (Wildman–Crippen LogP) is 4.98. The zero-order chi connectivity index (χ0) is 27.3. The zero-order valence-electron chi connectivity index (χ0n) is 21.4. The van der Waals surface area contributed by atoms with E-state index in [4.69, 9.17) is 16.3 Å². The van der Waals surface area contributed by atoms with Crippen molar-refractivity contribution >= 4 is 38.7 Å². The number of ether oxygens (including phenoxy) is 1. The lowest BCUT2D eigenvalue weighted by molar-refractivity contribution is -0.120. The molecule has 0 unspecified atom stereocenters. The summed E-state index contributed by atoms with van der Waals surface area (Å²) in [6.07, 6.45) is 2.69. The molecule has 0 saturated heterocycles. The van der Waals surface area contributed by atoms with E-state index in [1.165, 1.54) is 13.2 Å². The summed E-state index contributed by atoms with van der Waals surface area (Å²) >= 11 is 6.56. The Bertz CT molecular complexity index is 1630. The molecule has 4 aromatic rings. The number of nitrogens with zero attached hydrogens (tertiary/aromatic N) is 2. The van der Waals surface area contributed by atoms with Gasteiger partial charge in [0, 0.05) is 12.5 Å². The van der Waals surface area contributed by atoms with E-state index in [9.17, 15) is 13.2 Å². The Labute approximate surface area is 226 Å². The third-order valence-corrected chi connectivity index (χ3v) is 7.58. The highest BCUT2D eigenvalue weighted by Gasteiger charge is 2.46. The molecule has 2 aromatic heterocycles. The maximum absolute atomic E-state index is 11.8. The van der Waals surface area contributed by atoms with Gasteiger partial charge in [0.25, 0.3) is 0 Å². The second-order valence-electron chi connectivity index (χ2n) is 10.2. The van der Waals surface area contributed by atoms with Crippen LogP contribution in [0.1, 0.15) is 44.7 Å². The van der Waals surface area contributed by atoms with E-state index in [2.05, 4.69) is 25.0 Å². The third-order valence-electron chi connectivity index (χ3n) is 6.53. The number of imidazole rings is 1. The summed E-state index contributed by atoms with van der Waals surface area (Å²) in [6.45, 7) is 5.35. The van der Waals surface area contributed by atoms with E-state index in [1.54, 1.807) is 6.07 Å². The van der Waals surface area contributed by atoms with Gasteiger partial charge in [0.05, 0.1) is 33.6 Å². The summed E-state index contributed by atoms with van der Waals surface area (Å²) in [7, 11) is -3.32. The first-order valence-electron chi connectivity index (χ1n) is 12.1. The summed E-state index contributed by atoms with van der Waals surface area (Å²) in [6, 6.07) is 17.0. The fourth-order valence-corrected chi connectivity index (χ4v) is 5.88. The first kappa shape index (κ1) is 26.1. The highest BCUT2D eigenvalue weighted by atomic mass is 35.5. The Morgan fingerprint density at radius 2 is 1.74 bits per heavy atom. The van der Waals surface area contributed by atoms with Gasteiger partial charge < -0.3 is 15.0 Å². The Balaban J connectivity index is 1.35. The van der Waals surface area contributed by atoms with Gasteiger partial charge in [-0.2, -0.15) is 4.98 Å². The van der Waals surface area contributed by atoms with Crippen LogP contribution in [0.2, 0.25) is 5.02 Å². The van der Waals surface area contributed by atoms with Crippen molar-refractivity contribution < 1.29 is 17.9 Å². The van der Waals surface area contributed by atoms with Gasteiger partial charge in [-0.25, -0.2) is 18.1 Å². The number of halogens is 1. The van der Waals surface area contributed by atoms with E-state index >= 15 is 0 Å². The van der Waals surface area contributed by atoms with Crippen LogP contribution in [-0.2, 0) is 25.9 Å². The fraction of sp³-hybridized carbons (Fsp3) is 0.296. The fourth-order valence-electron chi connectivity index (χ4n) is 4.59. The molecule has 1 aliphatic carbocycles. The van der Waals surface area contributed by atoms with Gasteiger partial charge in [0.1, 0.15) is 5.75 Å². The van der Waals surface area contributed by atoms with Crippen molar-refractivity contribution in [1.29, 1.82) is 0 Å². The maximum Gasteiger partial charge on any atom is 0.301 e. The normalized spacial score (nSPS) is 14.9. The molecule has 1 aliphatic rings. The lowest BCUT2D eigenvalue weighted by Gasteiger charge is -2.26. The van der Waals surface area contributed by atoms with E-state index in [0.717, 1.165) is 29.5 Å². The lowest BCUT2D eigenvalue weighted by Crippen LogP contribution is -2.39. The number of aromatic amines is 1. The van der Waals surface area contributed by atoms with Crippen molar-refractivity contribution in [3.05, 3.63) is 70.7 Å². The molecular weight excluding hydrogens is 526 g/mol. The summed E-state index contributed by atoms with van der Waals surface area (Å²) in [4.78, 5) is 23.7. The average molecular weight is 554 g/mol. The quantitative estimate of drug-likeness (QED) is 0.282. The second kappa shape index (κ2) is 9.37. The molecule has 5 rings (SSSR count). The van der Waals surface area contributed by atoms with Crippen LogP contribution in [0.25, 0.3) is 22.4 Å². The van der Waals surface area contributed by atoms with Crippen molar-refractivity contribution in [2.75, 3.05) is 6.26 Å². The van der Waals surface area contributed by atoms with Crippen LogP contribution in [0.4, 0.5) is 0 Å². The molecule has 2 heterocycles. The molecule has 11 heteroatoms. The number of aromatic nitrogens is 3. The average Bonchev–Trinajstić information content (AvgIpc) is 3.48. The molecule has 9 nitrogen and oxygen atoms in total. The summed E-state index contributed by atoms with van der Waals surface area (Å²) in [5.74, 6) is 0.472. The SMILES string of the molecule is CC(=O)NC(C)(C)c1ccc(Oc2nc3nc(-c4ccc(C5(NS(C)(=O)=O)CC5)cc4)c(Cl)cc3[nH]2)cc1. The van der Waals surface area contributed by atoms with Gasteiger partial charge in [0.2, 0.25) is 15.9 Å². The highest BCUT2D eigenvalue weighted by Crippen LogP contribution is 2.46. The van der Waals surface area contributed by atoms with Crippen LogP contribution in [0.3, 0.4) is 0 Å². The van der Waals surface area contributed by atoms with Crippen molar-refractivity contribution in [2.45, 2.75) is 44.7 Å². The summed E-state index contributed by atoms with van der Waals surface area (Å²) < 4.78 is 32.2. The van der Waals surface area contributed by atoms with E-state index in [1.807, 2.05) is 62.4 Å². The number of H-pyrrole nitrogens is 1. The van der Waals surface area contributed by atoms with Crippen LogP contribution in [0.5, 0.6) is 11.8 Å². The van der Waals surface area contributed by atoms with Crippen LogP contribution in [0.15, 0.2) is 54.6 Å². The Hall–Kier alpha value is -3.47. The Kier molecular flexibility index (Phi) is 6.45. The van der Waals surface area contributed by atoms with Gasteiger partial charge in [-0.05, 0) is 56.0 Å². The highest BCUT2D eigenvalue weighted by molar-refractivity contribution is 7.88. The predicted molar refractivity (Wildman–Crippen MR) is 147 cm³/mol. The van der Waals surface area contributed by atoms with Crippen LogP contribution < -0.4 is 14.8 Å². The van der Waals surface area contributed by atoms with Gasteiger partial charge >= 0.3 is 6.01 Å². The topological polar surface area (TPSA) is 126 Å². The van der Waals surface area contributed by atoms with Crippen LogP contribution in [-0.4, -0.2) is 35.5 Å². The van der Waals surface area contributed by atoms with Crippen molar-refractivity contribution in [1.82, 2.24) is 25.0 Å². The van der Waals surface area contributed by atoms with Gasteiger partial charge in [-0.1, -0.05) is 48.0 Å². The number of amides is 1. The van der Waals surface area contributed by atoms with Crippen molar-refractivity contribution in [2.24, 2.45) is 0 Å². The standard InChI is InChI=1S/C27H28ClN5O4S/c1-16(34)32-26(2,3)18-9-11-20(12-10-18)37-25-29-22-15-21(28)23(30-24(22)31-25)17-5-7-19(8-6-17)27(13-14-27)33-38(4,35)36/h5-12,15,33H,13-14H2,1-4H3,(H,32,34)(H,29,30,31). The van der Waals surface area contributed by atoms with Crippen molar-refractivity contribution in [3.8, 4) is 23.0 Å². The maximum atomic E-state index is 11.8. The number of benzene rings is 2. The van der Waals surface area contributed by atoms with Crippen LogP contribution in [0, 0.1) is 0 Å². The number of carbonyl (C=O) groups excluding carboxylic acids is 1. The summed E-state index contributed by atoms with van der Waals surface area (Å²) in [5, 5.41) is 3.37. The third kappa shape index (κ3) is 5.52. The smallest absolute Gasteiger partial charge is 0.301 e. The van der Waals surface area contributed by atoms with E-state index < -0.39 is 21.1 Å². The Morgan fingerprint density at radius 1 is 1.08 bits per heavy atom. The monoisotopic (exact) mass is 553 g/mol. The zero-order valence-corrected chi connectivity index (χ0v) is 23.0. The second-order valence-corrected chi connectivity index (χ2v) is 12.4. The number of pyridine rings is 1. The number of nitrogens with one attached hydrogen (secondary N) is 3. The minimum absolute atomic E-state index is 0.102. The van der Waals surface area contributed by atoms with E-state index in [0.29, 0.717) is 27.6 Å². The summed E-state index contributed by atoms with van der Waals surface area (Å²) in [5.41, 5.74) is 3.24. The Morgan fingerprint density at radius 3 is 2.32 bits per heavy atom. The molecule has 0 spiro atoms. The number of rotatable bonds is 8. The molecule has 1 amide bonds. The molecule has 198 valence electrons. The molecule has 0 atom stereocenters. The molecule has 1 fully saturated rings. The first-order valence-corrected chi connectivity index (χ1v) is 14.3. The molecule has 38 heavy (non-hydrogen) atoms. The van der Waals surface area contributed by atoms with Gasteiger partial charge in [-0.15, -0.1) is 0 Å². The van der Waals surface area contributed by atoms with Crippen LogP contribution >= 0.6 is 11.6 Å². The molecule has 3 N–H and O–H groups in total. The number of hydrogen-bond acceptors (Lipinski definition) is 6. The first-order chi connectivity index (χ1) is 17.8. The van der Waals surface area contributed by atoms with Crippen molar-refractivity contribution in [3.63, 3.8) is 0 Å². The minimum Gasteiger partial charge on any atom is -0.426 e. The molecule has 0 bridgehead atoms. The molecule has 0 radical (unpaired) electrons.